The summed E-state index contributed by atoms with van der Waals surface area (Å²) in [6, 6.07) is 8.06. The largest absolute Gasteiger partial charge is 0.490 e. The van der Waals surface area contributed by atoms with Crippen molar-refractivity contribution in [2.24, 2.45) is 5.92 Å². The van der Waals surface area contributed by atoms with Gasteiger partial charge in [0, 0.05) is 13.2 Å². The molecule has 0 spiro atoms. The van der Waals surface area contributed by atoms with Gasteiger partial charge in [-0.2, -0.15) is 0 Å². The fourth-order valence-electron chi connectivity index (χ4n) is 1.64. The normalized spacial score (nSPS) is 12.1. The van der Waals surface area contributed by atoms with Crippen LogP contribution in [0.3, 0.4) is 0 Å². The number of nitrogens with one attached hydrogen (secondary N) is 1. The first-order valence-corrected chi connectivity index (χ1v) is 6.40. The zero-order chi connectivity index (χ0) is 13.2. The predicted molar refractivity (Wildman–Crippen MR) is 74.7 cm³/mol. The highest BCUT2D eigenvalue weighted by Crippen LogP contribution is 2.12. The molecule has 0 saturated carbocycles. The van der Waals surface area contributed by atoms with E-state index in [4.69, 9.17) is 9.84 Å². The van der Waals surface area contributed by atoms with Gasteiger partial charge in [0.15, 0.2) is 0 Å². The molecule has 0 aromatic heterocycles. The average Bonchev–Trinajstić information content (AvgIpc) is 2.38. The smallest absolute Gasteiger partial charge is 0.119 e. The number of aliphatic hydroxyl groups excluding tert-OH is 1. The molecule has 0 bridgehead atoms. The van der Waals surface area contributed by atoms with Crippen LogP contribution in [0.1, 0.15) is 18.9 Å². The molecule has 0 radical (unpaired) electrons. The molecule has 0 fully saturated rings. The van der Waals surface area contributed by atoms with Crippen LogP contribution in [0.25, 0.3) is 0 Å². The monoisotopic (exact) mass is 249 g/mol. The highest BCUT2D eigenvalue weighted by atomic mass is 16.5. The molecular formula is C15H23NO2. The first kappa shape index (κ1) is 14.7. The van der Waals surface area contributed by atoms with E-state index in [0.717, 1.165) is 25.3 Å². The van der Waals surface area contributed by atoms with Gasteiger partial charge in [0.05, 0.1) is 0 Å². The van der Waals surface area contributed by atoms with Crippen molar-refractivity contribution in [1.29, 1.82) is 0 Å². The summed E-state index contributed by atoms with van der Waals surface area (Å²) in [5, 5.41) is 12.2. The van der Waals surface area contributed by atoms with Crippen LogP contribution in [0.15, 0.2) is 36.9 Å². The lowest BCUT2D eigenvalue weighted by atomic mass is 10.1. The Balaban J connectivity index is 2.28. The zero-order valence-corrected chi connectivity index (χ0v) is 11.1. The van der Waals surface area contributed by atoms with Gasteiger partial charge in [0.25, 0.3) is 0 Å². The van der Waals surface area contributed by atoms with Crippen LogP contribution >= 0.6 is 0 Å². The van der Waals surface area contributed by atoms with Crippen molar-refractivity contribution < 1.29 is 9.84 Å². The topological polar surface area (TPSA) is 41.5 Å². The predicted octanol–water partition coefficient (Wildman–Crippen LogP) is 2.36. The lowest BCUT2D eigenvalue weighted by Crippen LogP contribution is -2.21. The molecule has 1 rings (SSSR count). The van der Waals surface area contributed by atoms with E-state index < -0.39 is 0 Å². The SMILES string of the molecule is C=CCOc1ccc(CNCC(C)CCO)cc1. The second-order valence-electron chi connectivity index (χ2n) is 4.49. The quantitative estimate of drug-likeness (QED) is 0.660. The zero-order valence-electron chi connectivity index (χ0n) is 11.1. The van der Waals surface area contributed by atoms with Crippen LogP contribution in [0.2, 0.25) is 0 Å². The van der Waals surface area contributed by atoms with E-state index in [1.807, 2.05) is 12.1 Å². The molecule has 0 aliphatic rings. The summed E-state index contributed by atoms with van der Waals surface area (Å²) in [5.74, 6) is 1.37. The minimum atomic E-state index is 0.262. The van der Waals surface area contributed by atoms with E-state index in [2.05, 4.69) is 31.0 Å². The maximum absolute atomic E-state index is 8.81. The Morgan fingerprint density at radius 2 is 2.11 bits per heavy atom. The standard InChI is InChI=1S/C15H23NO2/c1-3-10-18-15-6-4-14(5-7-15)12-16-11-13(2)8-9-17/h3-7,13,16-17H,1,8-12H2,2H3. The van der Waals surface area contributed by atoms with E-state index in [9.17, 15) is 0 Å². The van der Waals surface area contributed by atoms with Gasteiger partial charge in [-0.25, -0.2) is 0 Å². The van der Waals surface area contributed by atoms with Gasteiger partial charge in [-0.05, 0) is 36.6 Å². The number of rotatable bonds is 9. The molecule has 0 saturated heterocycles. The minimum Gasteiger partial charge on any atom is -0.490 e. The molecule has 18 heavy (non-hydrogen) atoms. The van der Waals surface area contributed by atoms with Gasteiger partial charge in [-0.1, -0.05) is 31.7 Å². The van der Waals surface area contributed by atoms with Crippen LogP contribution in [0, 0.1) is 5.92 Å². The fourth-order valence-corrected chi connectivity index (χ4v) is 1.64. The molecule has 1 aromatic rings. The summed E-state index contributed by atoms with van der Waals surface area (Å²) in [6.07, 6.45) is 2.58. The van der Waals surface area contributed by atoms with Crippen molar-refractivity contribution in [2.45, 2.75) is 19.9 Å². The van der Waals surface area contributed by atoms with E-state index in [0.29, 0.717) is 12.5 Å². The molecule has 0 heterocycles. The third kappa shape index (κ3) is 5.84. The highest BCUT2D eigenvalue weighted by molar-refractivity contribution is 5.27. The minimum absolute atomic E-state index is 0.262. The van der Waals surface area contributed by atoms with E-state index >= 15 is 0 Å². The van der Waals surface area contributed by atoms with Gasteiger partial charge in [0.2, 0.25) is 0 Å². The van der Waals surface area contributed by atoms with Crippen LogP contribution in [0.4, 0.5) is 0 Å². The summed E-state index contributed by atoms with van der Waals surface area (Å²) < 4.78 is 5.42. The van der Waals surface area contributed by atoms with E-state index in [1.165, 1.54) is 5.56 Å². The third-order valence-corrected chi connectivity index (χ3v) is 2.74. The molecule has 3 nitrogen and oxygen atoms in total. The molecule has 1 unspecified atom stereocenters. The van der Waals surface area contributed by atoms with Gasteiger partial charge < -0.3 is 15.2 Å². The third-order valence-electron chi connectivity index (χ3n) is 2.74. The fraction of sp³-hybridized carbons (Fsp3) is 0.467. The average molecular weight is 249 g/mol. The van der Waals surface area contributed by atoms with Crippen LogP contribution in [0.5, 0.6) is 5.75 Å². The van der Waals surface area contributed by atoms with Crippen molar-refractivity contribution in [3.8, 4) is 5.75 Å². The van der Waals surface area contributed by atoms with Crippen molar-refractivity contribution in [2.75, 3.05) is 19.8 Å². The van der Waals surface area contributed by atoms with E-state index in [-0.39, 0.29) is 6.61 Å². The number of hydrogen-bond acceptors (Lipinski definition) is 3. The maximum atomic E-state index is 8.81. The molecule has 3 heteroatoms. The highest BCUT2D eigenvalue weighted by Gasteiger charge is 2.00. The molecule has 0 amide bonds. The van der Waals surface area contributed by atoms with Gasteiger partial charge >= 0.3 is 0 Å². The summed E-state index contributed by atoms with van der Waals surface area (Å²) in [5.41, 5.74) is 1.23. The second-order valence-corrected chi connectivity index (χ2v) is 4.49. The van der Waals surface area contributed by atoms with Crippen molar-refractivity contribution >= 4 is 0 Å². The molecular weight excluding hydrogens is 226 g/mol. The number of ether oxygens (including phenoxy) is 1. The van der Waals surface area contributed by atoms with Crippen molar-refractivity contribution in [3.63, 3.8) is 0 Å². The molecule has 0 aliphatic heterocycles. The molecule has 100 valence electrons. The van der Waals surface area contributed by atoms with E-state index in [1.54, 1.807) is 6.08 Å². The Bertz CT molecular complexity index is 335. The van der Waals surface area contributed by atoms with Crippen molar-refractivity contribution in [3.05, 3.63) is 42.5 Å². The summed E-state index contributed by atoms with van der Waals surface area (Å²) in [7, 11) is 0. The lowest BCUT2D eigenvalue weighted by molar-refractivity contribution is 0.260. The van der Waals surface area contributed by atoms with Gasteiger partial charge in [-0.15, -0.1) is 0 Å². The Hall–Kier alpha value is -1.32. The Morgan fingerprint density at radius 1 is 1.39 bits per heavy atom. The van der Waals surface area contributed by atoms with Crippen LogP contribution in [-0.4, -0.2) is 24.9 Å². The maximum Gasteiger partial charge on any atom is 0.119 e. The van der Waals surface area contributed by atoms with Gasteiger partial charge in [0.1, 0.15) is 12.4 Å². The molecule has 0 aliphatic carbocycles. The Labute approximate surface area is 109 Å². The van der Waals surface area contributed by atoms with Crippen LogP contribution in [-0.2, 0) is 6.54 Å². The number of benzene rings is 1. The first-order valence-electron chi connectivity index (χ1n) is 6.40. The van der Waals surface area contributed by atoms with Crippen LogP contribution < -0.4 is 10.1 Å². The van der Waals surface area contributed by atoms with Crippen molar-refractivity contribution in [1.82, 2.24) is 5.32 Å². The summed E-state index contributed by atoms with van der Waals surface area (Å²) >= 11 is 0. The number of hydrogen-bond donors (Lipinski definition) is 2. The molecule has 2 N–H and O–H groups in total. The Kier molecular flexibility index (Phi) is 7.14. The lowest BCUT2D eigenvalue weighted by Gasteiger charge is -2.11. The molecule has 1 aromatic carbocycles. The summed E-state index contributed by atoms with van der Waals surface area (Å²) in [4.78, 5) is 0. The summed E-state index contributed by atoms with van der Waals surface area (Å²) in [6.45, 7) is 8.32. The van der Waals surface area contributed by atoms with Gasteiger partial charge in [-0.3, -0.25) is 0 Å². The first-order chi connectivity index (χ1) is 8.76. The number of aliphatic hydroxyl groups is 1. The molecule has 1 atom stereocenters. The second kappa shape index (κ2) is 8.72. The Morgan fingerprint density at radius 3 is 2.72 bits per heavy atom.